The van der Waals surface area contributed by atoms with Crippen LogP contribution >= 0.6 is 0 Å². The Bertz CT molecular complexity index is 1300. The Balaban J connectivity index is 1.74. The molecule has 0 fully saturated rings. The van der Waals surface area contributed by atoms with Gasteiger partial charge in [0.1, 0.15) is 0 Å². The number of nitrogens with zero attached hydrogens (tertiary/aromatic N) is 1. The highest BCUT2D eigenvalue weighted by molar-refractivity contribution is 7.92. The second kappa shape index (κ2) is 11.4. The summed E-state index contributed by atoms with van der Waals surface area (Å²) in [7, 11) is -2.41. The van der Waals surface area contributed by atoms with Crippen LogP contribution in [-0.2, 0) is 21.4 Å². The van der Waals surface area contributed by atoms with Gasteiger partial charge >= 0.3 is 0 Å². The number of anilines is 1. The second-order valence-corrected chi connectivity index (χ2v) is 9.32. The minimum Gasteiger partial charge on any atom is -0.493 e. The highest BCUT2D eigenvalue weighted by Crippen LogP contribution is 2.28. The molecule has 0 heterocycles. The quantitative estimate of drug-likeness (QED) is 0.419. The summed E-state index contributed by atoms with van der Waals surface area (Å²) in [6.45, 7) is 1.86. The molecule has 0 bridgehead atoms. The summed E-state index contributed by atoms with van der Waals surface area (Å²) in [4.78, 5) is 23.7. The van der Waals surface area contributed by atoms with Crippen LogP contribution in [0, 0.1) is 0 Å². The number of sulfonamides is 1. The lowest BCUT2D eigenvalue weighted by atomic mass is 10.1. The number of amides is 2. The number of hydrogen-bond donors (Lipinski definition) is 2. The minimum atomic E-state index is -3.86. The van der Waals surface area contributed by atoms with Gasteiger partial charge in [-0.25, -0.2) is 8.42 Å². The second-order valence-electron chi connectivity index (χ2n) is 7.46. The number of methoxy groups -OCH3 is 1. The third-order valence-electron chi connectivity index (χ3n) is 5.07. The summed E-state index contributed by atoms with van der Waals surface area (Å²) in [6.07, 6.45) is 0. The molecule has 184 valence electrons. The minimum absolute atomic E-state index is 0.0217. The van der Waals surface area contributed by atoms with Crippen molar-refractivity contribution in [1.82, 2.24) is 5.32 Å². The zero-order valence-corrected chi connectivity index (χ0v) is 20.2. The molecule has 0 atom stereocenters. The van der Waals surface area contributed by atoms with Crippen LogP contribution in [0.1, 0.15) is 22.8 Å². The normalized spacial score (nSPS) is 10.9. The van der Waals surface area contributed by atoms with Crippen LogP contribution in [0.4, 0.5) is 5.69 Å². The Morgan fingerprint density at radius 2 is 1.71 bits per heavy atom. The third kappa shape index (κ3) is 6.30. The van der Waals surface area contributed by atoms with Crippen molar-refractivity contribution in [3.05, 3.63) is 83.9 Å². The Morgan fingerprint density at radius 1 is 0.971 bits per heavy atom. The molecular formula is C25H27N3O6S. The number of carbonyl (C=O) groups is 2. The van der Waals surface area contributed by atoms with Crippen LogP contribution < -0.4 is 24.8 Å². The molecule has 0 saturated carbocycles. The number of nitrogens with two attached hydrogens (primary N) is 1. The fourth-order valence-electron chi connectivity index (χ4n) is 3.39. The molecule has 0 aliphatic heterocycles. The van der Waals surface area contributed by atoms with E-state index in [4.69, 9.17) is 15.2 Å². The molecular weight excluding hydrogens is 470 g/mol. The SMILES string of the molecule is CCN(c1ccccc1)S(=O)(=O)c1cccc(C(=O)NCc2ccc(OCC(N)=O)c(OC)c2)c1. The molecule has 0 spiro atoms. The highest BCUT2D eigenvalue weighted by atomic mass is 32.2. The zero-order chi connectivity index (χ0) is 25.4. The summed E-state index contributed by atoms with van der Waals surface area (Å²) < 4.78 is 38.4. The van der Waals surface area contributed by atoms with Gasteiger partial charge in [0.2, 0.25) is 0 Å². The Kier molecular flexibility index (Phi) is 8.32. The Labute approximate surface area is 204 Å². The van der Waals surface area contributed by atoms with E-state index in [0.29, 0.717) is 22.7 Å². The van der Waals surface area contributed by atoms with Gasteiger partial charge in [-0.3, -0.25) is 13.9 Å². The van der Waals surface area contributed by atoms with Gasteiger partial charge in [-0.2, -0.15) is 0 Å². The first kappa shape index (κ1) is 25.6. The maximum Gasteiger partial charge on any atom is 0.264 e. The van der Waals surface area contributed by atoms with E-state index in [0.717, 1.165) is 0 Å². The van der Waals surface area contributed by atoms with E-state index in [1.807, 2.05) is 6.07 Å². The highest BCUT2D eigenvalue weighted by Gasteiger charge is 2.24. The van der Waals surface area contributed by atoms with E-state index in [1.165, 1.54) is 29.6 Å². The lowest BCUT2D eigenvalue weighted by Crippen LogP contribution is -2.31. The molecule has 0 aromatic heterocycles. The van der Waals surface area contributed by atoms with Crippen LogP contribution in [0.3, 0.4) is 0 Å². The van der Waals surface area contributed by atoms with Crippen LogP contribution in [0.25, 0.3) is 0 Å². The first-order valence-corrected chi connectivity index (χ1v) is 12.2. The monoisotopic (exact) mass is 497 g/mol. The first-order valence-electron chi connectivity index (χ1n) is 10.8. The Morgan fingerprint density at radius 3 is 2.37 bits per heavy atom. The molecule has 0 unspecified atom stereocenters. The number of hydrogen-bond acceptors (Lipinski definition) is 6. The van der Waals surface area contributed by atoms with Gasteiger partial charge in [-0.15, -0.1) is 0 Å². The van der Waals surface area contributed by atoms with E-state index >= 15 is 0 Å². The van der Waals surface area contributed by atoms with Crippen LogP contribution in [0.5, 0.6) is 11.5 Å². The summed E-state index contributed by atoms with van der Waals surface area (Å²) in [6, 6.07) is 19.7. The maximum atomic E-state index is 13.3. The van der Waals surface area contributed by atoms with Gasteiger partial charge in [0, 0.05) is 18.7 Å². The van der Waals surface area contributed by atoms with Crippen LogP contribution in [-0.4, -0.2) is 40.5 Å². The van der Waals surface area contributed by atoms with Crippen molar-refractivity contribution < 1.29 is 27.5 Å². The van der Waals surface area contributed by atoms with Crippen molar-refractivity contribution >= 4 is 27.5 Å². The van der Waals surface area contributed by atoms with Gasteiger partial charge in [0.05, 0.1) is 17.7 Å². The molecule has 3 aromatic rings. The maximum absolute atomic E-state index is 13.3. The number of ether oxygens (including phenoxy) is 2. The molecule has 0 aliphatic rings. The summed E-state index contributed by atoms with van der Waals surface area (Å²) in [5.74, 6) is -0.318. The number of para-hydroxylation sites is 1. The van der Waals surface area contributed by atoms with Gasteiger partial charge in [0.25, 0.3) is 21.8 Å². The predicted octanol–water partition coefficient (Wildman–Crippen LogP) is 2.70. The number of carbonyl (C=O) groups excluding carboxylic acids is 2. The average molecular weight is 498 g/mol. The van der Waals surface area contributed by atoms with E-state index in [-0.39, 0.29) is 30.2 Å². The van der Waals surface area contributed by atoms with Gasteiger partial charge in [0.15, 0.2) is 18.1 Å². The average Bonchev–Trinajstić information content (AvgIpc) is 2.87. The van der Waals surface area contributed by atoms with Crippen molar-refractivity contribution in [3.63, 3.8) is 0 Å². The molecule has 10 heteroatoms. The lowest BCUT2D eigenvalue weighted by Gasteiger charge is -2.23. The molecule has 3 N–H and O–H groups in total. The van der Waals surface area contributed by atoms with E-state index in [9.17, 15) is 18.0 Å². The van der Waals surface area contributed by atoms with E-state index < -0.39 is 21.8 Å². The number of primary amides is 1. The first-order chi connectivity index (χ1) is 16.8. The zero-order valence-electron chi connectivity index (χ0n) is 19.4. The van der Waals surface area contributed by atoms with Gasteiger partial charge in [-0.1, -0.05) is 30.3 Å². The summed E-state index contributed by atoms with van der Waals surface area (Å²) in [5, 5.41) is 2.77. The molecule has 0 radical (unpaired) electrons. The lowest BCUT2D eigenvalue weighted by molar-refractivity contribution is -0.119. The van der Waals surface area contributed by atoms with E-state index in [1.54, 1.807) is 55.5 Å². The summed E-state index contributed by atoms with van der Waals surface area (Å²) in [5.41, 5.74) is 6.57. The van der Waals surface area contributed by atoms with E-state index in [2.05, 4.69) is 5.32 Å². The molecule has 9 nitrogen and oxygen atoms in total. The number of nitrogens with one attached hydrogen (secondary N) is 1. The van der Waals surface area contributed by atoms with Crippen molar-refractivity contribution in [2.45, 2.75) is 18.4 Å². The molecule has 35 heavy (non-hydrogen) atoms. The summed E-state index contributed by atoms with van der Waals surface area (Å²) >= 11 is 0. The predicted molar refractivity (Wildman–Crippen MR) is 132 cm³/mol. The van der Waals surface area contributed by atoms with Gasteiger partial charge < -0.3 is 20.5 Å². The number of rotatable bonds is 11. The molecule has 3 rings (SSSR count). The largest absolute Gasteiger partial charge is 0.493 e. The van der Waals surface area contributed by atoms with Crippen LogP contribution in [0.2, 0.25) is 0 Å². The van der Waals surface area contributed by atoms with Crippen molar-refractivity contribution in [1.29, 1.82) is 0 Å². The van der Waals surface area contributed by atoms with Crippen LogP contribution in [0.15, 0.2) is 77.7 Å². The fourth-order valence-corrected chi connectivity index (χ4v) is 4.91. The number of benzene rings is 3. The molecule has 0 saturated heterocycles. The molecule has 2 amide bonds. The topological polar surface area (TPSA) is 128 Å². The smallest absolute Gasteiger partial charge is 0.264 e. The van der Waals surface area contributed by atoms with Crippen molar-refractivity contribution in [2.24, 2.45) is 5.73 Å². The van der Waals surface area contributed by atoms with Gasteiger partial charge in [-0.05, 0) is 55.0 Å². The standard InChI is InChI=1S/C25H27N3O6S/c1-3-28(20-9-5-4-6-10-20)35(31,32)21-11-7-8-19(15-21)25(30)27-16-18-12-13-22(23(14-18)33-2)34-17-24(26)29/h4-15H,3,16-17H2,1-2H3,(H2,26,29)(H,27,30). The van der Waals surface area contributed by atoms with Crippen molar-refractivity contribution in [3.8, 4) is 11.5 Å². The third-order valence-corrected chi connectivity index (χ3v) is 6.97. The van der Waals surface area contributed by atoms with Crippen molar-refractivity contribution in [2.75, 3.05) is 24.6 Å². The molecule has 0 aliphatic carbocycles. The fraction of sp³-hybridized carbons (Fsp3) is 0.200. The Hall–Kier alpha value is -4.05. The molecule has 3 aromatic carbocycles.